The van der Waals surface area contributed by atoms with Gasteiger partial charge in [-0.25, -0.2) is 9.78 Å². The van der Waals surface area contributed by atoms with Crippen LogP contribution < -0.4 is 15.5 Å². The third-order valence-electron chi connectivity index (χ3n) is 4.13. The number of nitrogens with zero attached hydrogens (tertiary/aromatic N) is 2. The number of aromatic nitrogens is 2. The smallest absolute Gasteiger partial charge is 0.358 e. The predicted molar refractivity (Wildman–Crippen MR) is 110 cm³/mol. The van der Waals surface area contributed by atoms with Gasteiger partial charge in [-0.1, -0.05) is 41.7 Å². The minimum absolute atomic E-state index is 0.0454. The lowest BCUT2D eigenvalue weighted by atomic mass is 10.1. The molecule has 1 amide bonds. The largest absolute Gasteiger partial charge is 0.491 e. The summed E-state index contributed by atoms with van der Waals surface area (Å²) in [5.41, 5.74) is 1.30. The number of carbonyl (C=O) groups is 2. The van der Waals surface area contributed by atoms with E-state index in [2.05, 4.69) is 10.3 Å². The molecule has 3 rings (SSSR count). The summed E-state index contributed by atoms with van der Waals surface area (Å²) in [4.78, 5) is 41.2. The third kappa shape index (κ3) is 4.52. The number of ether oxygens (including phenoxy) is 2. The minimum Gasteiger partial charge on any atom is -0.491 e. The quantitative estimate of drug-likeness (QED) is 0.624. The fourth-order valence-electron chi connectivity index (χ4n) is 2.68. The van der Waals surface area contributed by atoms with Gasteiger partial charge < -0.3 is 19.4 Å². The molecule has 8 nitrogen and oxygen atoms in total. The van der Waals surface area contributed by atoms with Crippen molar-refractivity contribution in [3.05, 3.63) is 64.2 Å². The Hall–Kier alpha value is -3.46. The van der Waals surface area contributed by atoms with Crippen molar-refractivity contribution >= 4 is 28.3 Å². The molecule has 150 valence electrons. The molecule has 0 aliphatic heterocycles. The number of anilines is 1. The molecule has 0 spiro atoms. The van der Waals surface area contributed by atoms with Crippen LogP contribution in [0.2, 0.25) is 0 Å². The van der Waals surface area contributed by atoms with E-state index in [1.54, 1.807) is 11.5 Å². The summed E-state index contributed by atoms with van der Waals surface area (Å²) < 4.78 is 11.4. The van der Waals surface area contributed by atoms with Crippen molar-refractivity contribution < 1.29 is 19.1 Å². The Morgan fingerprint density at radius 2 is 1.93 bits per heavy atom. The SMILES string of the molecule is COC(=O)c1nc(NC(=O)Cn2cc(OC)c(=O)cc2C)sc1-c1ccccc1. The maximum Gasteiger partial charge on any atom is 0.358 e. The molecule has 29 heavy (non-hydrogen) atoms. The number of amides is 1. The summed E-state index contributed by atoms with van der Waals surface area (Å²) in [6, 6.07) is 10.7. The molecule has 0 saturated carbocycles. The second-order valence-electron chi connectivity index (χ2n) is 6.08. The van der Waals surface area contributed by atoms with E-state index in [4.69, 9.17) is 9.47 Å². The van der Waals surface area contributed by atoms with Crippen LogP contribution in [0, 0.1) is 6.92 Å². The first-order valence-corrected chi connectivity index (χ1v) is 9.44. The molecule has 0 unspecified atom stereocenters. The van der Waals surface area contributed by atoms with Gasteiger partial charge in [0.05, 0.1) is 25.3 Å². The van der Waals surface area contributed by atoms with Crippen molar-refractivity contribution in [1.29, 1.82) is 0 Å². The molecule has 9 heteroatoms. The lowest BCUT2D eigenvalue weighted by Gasteiger charge is -2.11. The van der Waals surface area contributed by atoms with Gasteiger partial charge in [0.15, 0.2) is 16.6 Å². The highest BCUT2D eigenvalue weighted by atomic mass is 32.1. The molecule has 0 aliphatic rings. The number of carbonyl (C=O) groups excluding carboxylic acids is 2. The molecule has 0 atom stereocenters. The van der Waals surface area contributed by atoms with E-state index in [9.17, 15) is 14.4 Å². The molecular weight excluding hydrogens is 394 g/mol. The second kappa shape index (κ2) is 8.70. The van der Waals surface area contributed by atoms with Gasteiger partial charge >= 0.3 is 5.97 Å². The van der Waals surface area contributed by atoms with Gasteiger partial charge in [-0.2, -0.15) is 0 Å². The van der Waals surface area contributed by atoms with E-state index in [1.165, 1.54) is 37.8 Å². The Labute approximate surface area is 170 Å². The van der Waals surface area contributed by atoms with Crippen molar-refractivity contribution in [2.24, 2.45) is 0 Å². The van der Waals surface area contributed by atoms with Crippen LogP contribution in [0.1, 0.15) is 16.2 Å². The number of pyridine rings is 1. The highest BCUT2D eigenvalue weighted by Gasteiger charge is 2.21. The first kappa shape index (κ1) is 20.3. The molecule has 0 aliphatic carbocycles. The van der Waals surface area contributed by atoms with Gasteiger partial charge in [-0.05, 0) is 12.5 Å². The zero-order valence-corrected chi connectivity index (χ0v) is 16.9. The fraction of sp³-hybridized carbons (Fsp3) is 0.200. The number of esters is 1. The second-order valence-corrected chi connectivity index (χ2v) is 7.08. The Balaban J connectivity index is 1.85. The maximum absolute atomic E-state index is 12.5. The van der Waals surface area contributed by atoms with Gasteiger partial charge in [0.25, 0.3) is 0 Å². The number of benzene rings is 1. The topological polar surface area (TPSA) is 99.5 Å². The molecule has 1 N–H and O–H groups in total. The first-order valence-electron chi connectivity index (χ1n) is 8.62. The van der Waals surface area contributed by atoms with Crippen molar-refractivity contribution in [1.82, 2.24) is 9.55 Å². The minimum atomic E-state index is -0.582. The number of hydrogen-bond acceptors (Lipinski definition) is 7. The summed E-state index contributed by atoms with van der Waals surface area (Å²) >= 11 is 1.18. The van der Waals surface area contributed by atoms with Crippen LogP contribution in [0.4, 0.5) is 5.13 Å². The lowest BCUT2D eigenvalue weighted by molar-refractivity contribution is -0.116. The zero-order valence-electron chi connectivity index (χ0n) is 16.1. The molecule has 2 heterocycles. The van der Waals surface area contributed by atoms with Crippen molar-refractivity contribution in [3.63, 3.8) is 0 Å². The normalized spacial score (nSPS) is 10.4. The highest BCUT2D eigenvalue weighted by Crippen LogP contribution is 2.33. The van der Waals surface area contributed by atoms with E-state index in [-0.39, 0.29) is 34.5 Å². The molecule has 0 saturated heterocycles. The van der Waals surface area contributed by atoms with Gasteiger partial charge in [0.1, 0.15) is 6.54 Å². The van der Waals surface area contributed by atoms with Crippen LogP contribution in [-0.2, 0) is 16.1 Å². The molecule has 2 aromatic heterocycles. The standard InChI is InChI=1S/C20H19N3O5S/c1-12-9-14(24)15(27-2)10-23(12)11-16(25)21-20-22-17(19(26)28-3)18(29-20)13-7-5-4-6-8-13/h4-10H,11H2,1-3H3,(H,21,22,25). The molecule has 0 fully saturated rings. The molecular formula is C20H19N3O5S. The van der Waals surface area contributed by atoms with Crippen LogP contribution in [0.25, 0.3) is 10.4 Å². The zero-order chi connectivity index (χ0) is 21.0. The number of methoxy groups -OCH3 is 2. The van der Waals surface area contributed by atoms with Crippen LogP contribution >= 0.6 is 11.3 Å². The number of rotatable bonds is 6. The van der Waals surface area contributed by atoms with Crippen LogP contribution in [0.15, 0.2) is 47.4 Å². The molecule has 3 aromatic rings. The lowest BCUT2D eigenvalue weighted by Crippen LogP contribution is -2.22. The average molecular weight is 413 g/mol. The highest BCUT2D eigenvalue weighted by molar-refractivity contribution is 7.19. The van der Waals surface area contributed by atoms with Gasteiger partial charge in [-0.3, -0.25) is 9.59 Å². The van der Waals surface area contributed by atoms with Gasteiger partial charge in [0, 0.05) is 11.8 Å². The summed E-state index contributed by atoms with van der Waals surface area (Å²) in [5.74, 6) is -0.790. The fourth-order valence-corrected chi connectivity index (χ4v) is 3.66. The molecule has 1 aromatic carbocycles. The number of thiazole rings is 1. The van der Waals surface area contributed by atoms with E-state index in [0.29, 0.717) is 10.6 Å². The van der Waals surface area contributed by atoms with Crippen molar-refractivity contribution in [3.8, 4) is 16.2 Å². The molecule has 0 radical (unpaired) electrons. The summed E-state index contributed by atoms with van der Waals surface area (Å²) in [6.07, 6.45) is 1.48. The van der Waals surface area contributed by atoms with Gasteiger partial charge in [0.2, 0.25) is 11.3 Å². The van der Waals surface area contributed by atoms with E-state index >= 15 is 0 Å². The maximum atomic E-state index is 12.5. The summed E-state index contributed by atoms with van der Waals surface area (Å²) in [5, 5.41) is 2.98. The Kier molecular flexibility index (Phi) is 6.08. The van der Waals surface area contributed by atoms with Crippen molar-refractivity contribution in [2.45, 2.75) is 13.5 Å². The summed E-state index contributed by atoms with van der Waals surface area (Å²) in [7, 11) is 2.67. The van der Waals surface area contributed by atoms with Crippen LogP contribution in [0.3, 0.4) is 0 Å². The Morgan fingerprint density at radius 1 is 1.21 bits per heavy atom. The van der Waals surface area contributed by atoms with Gasteiger partial charge in [-0.15, -0.1) is 0 Å². The third-order valence-corrected chi connectivity index (χ3v) is 5.15. The van der Waals surface area contributed by atoms with Crippen LogP contribution in [-0.4, -0.2) is 35.6 Å². The number of hydrogen-bond donors (Lipinski definition) is 1. The predicted octanol–water partition coefficient (Wildman–Crippen LogP) is 2.71. The van der Waals surface area contributed by atoms with Crippen LogP contribution in [0.5, 0.6) is 5.75 Å². The van der Waals surface area contributed by atoms with E-state index < -0.39 is 5.97 Å². The average Bonchev–Trinajstić information content (AvgIpc) is 3.13. The monoisotopic (exact) mass is 413 g/mol. The first-order chi connectivity index (χ1) is 13.9. The van der Waals surface area contributed by atoms with Crippen molar-refractivity contribution in [2.75, 3.05) is 19.5 Å². The number of aryl methyl sites for hydroxylation is 1. The molecule has 0 bridgehead atoms. The Morgan fingerprint density at radius 3 is 2.59 bits per heavy atom. The van der Waals surface area contributed by atoms with E-state index in [0.717, 1.165) is 5.56 Å². The Bertz CT molecular complexity index is 1110. The summed E-state index contributed by atoms with van der Waals surface area (Å²) in [6.45, 7) is 1.68. The number of nitrogens with one attached hydrogen (secondary N) is 1. The van der Waals surface area contributed by atoms with E-state index in [1.807, 2.05) is 30.3 Å².